The van der Waals surface area contributed by atoms with Crippen molar-refractivity contribution in [2.24, 2.45) is 0 Å². The number of fused-ring (bicyclic) bond motifs is 1. The van der Waals surface area contributed by atoms with Crippen LogP contribution >= 0.6 is 11.3 Å². The number of likely N-dealkylation sites (tertiary alicyclic amines) is 1. The molecule has 2 N–H and O–H groups in total. The van der Waals surface area contributed by atoms with Crippen LogP contribution in [0, 0.1) is 0 Å². The molecule has 0 bridgehead atoms. The Morgan fingerprint density at radius 3 is 2.73 bits per heavy atom. The average Bonchev–Trinajstić information content (AvgIpc) is 3.44. The van der Waals surface area contributed by atoms with E-state index in [1.165, 1.54) is 6.20 Å². The number of nitrogens with one attached hydrogen (secondary N) is 1. The van der Waals surface area contributed by atoms with Crippen molar-refractivity contribution in [1.82, 2.24) is 20.4 Å². The summed E-state index contributed by atoms with van der Waals surface area (Å²) in [6.45, 7) is 2.31. The number of carboxylic acid groups (broad SMARTS) is 1. The highest BCUT2D eigenvalue weighted by Crippen LogP contribution is 2.30. The fraction of sp³-hybridized carbons (Fsp3) is 0.529. The third-order valence-corrected chi connectivity index (χ3v) is 5.44. The van der Waals surface area contributed by atoms with Crippen LogP contribution in [0.4, 0.5) is 13.2 Å². The lowest BCUT2D eigenvalue weighted by Gasteiger charge is -2.32. The highest BCUT2D eigenvalue weighted by molar-refractivity contribution is 7.09. The topological polar surface area (TPSA) is 118 Å². The van der Waals surface area contributed by atoms with E-state index in [4.69, 9.17) is 19.2 Å². The summed E-state index contributed by atoms with van der Waals surface area (Å²) >= 11 is 1.66. The lowest BCUT2D eigenvalue weighted by atomic mass is 10.0. The van der Waals surface area contributed by atoms with E-state index in [2.05, 4.69) is 20.4 Å². The number of alkyl halides is 3. The summed E-state index contributed by atoms with van der Waals surface area (Å²) in [4.78, 5) is 27.9. The van der Waals surface area contributed by atoms with Crippen molar-refractivity contribution in [2.75, 3.05) is 13.2 Å². The van der Waals surface area contributed by atoms with Crippen molar-refractivity contribution >= 4 is 23.2 Å². The minimum Gasteiger partial charge on any atom is -0.475 e. The number of aromatic nitrogens is 2. The number of carbonyl (C=O) groups is 2. The first-order chi connectivity index (χ1) is 14.3. The minimum absolute atomic E-state index is 0.0237. The maximum absolute atomic E-state index is 12.2. The summed E-state index contributed by atoms with van der Waals surface area (Å²) in [7, 11) is 0. The van der Waals surface area contributed by atoms with Crippen LogP contribution in [0.2, 0.25) is 0 Å². The molecule has 4 heterocycles. The number of hydrogen-bond donors (Lipinski definition) is 2. The lowest BCUT2D eigenvalue weighted by molar-refractivity contribution is -0.192. The molecule has 0 radical (unpaired) electrons. The number of carboxylic acids is 1. The van der Waals surface area contributed by atoms with Crippen LogP contribution in [0.1, 0.15) is 28.4 Å². The molecule has 164 valence electrons. The number of hydrogen-bond acceptors (Lipinski definition) is 8. The van der Waals surface area contributed by atoms with Gasteiger partial charge in [0.05, 0.1) is 24.9 Å². The van der Waals surface area contributed by atoms with Gasteiger partial charge in [-0.3, -0.25) is 9.69 Å². The molecule has 2 aliphatic heterocycles. The zero-order chi connectivity index (χ0) is 21.7. The number of aliphatic carboxylic acids is 1. The summed E-state index contributed by atoms with van der Waals surface area (Å²) < 4.78 is 42.6. The van der Waals surface area contributed by atoms with Crippen LogP contribution in [0.5, 0.6) is 0 Å². The standard InChI is InChI=1S/C15H18N4O3S.C2HF3O2/c20-15(12-3-4-17-22-12)18-10-8-19(9-13-16-5-7-23-13)11-2-1-6-21-14(10)11;3-2(4,5)1(6)7/h3-5,7,10-11,14H,1-2,6,8-9H2,(H,18,20);(H,6,7)/t10-,11+,14+;/m0./s1. The monoisotopic (exact) mass is 448 g/mol. The predicted octanol–water partition coefficient (Wildman–Crippen LogP) is 1.93. The number of halogens is 3. The maximum atomic E-state index is 12.2. The summed E-state index contributed by atoms with van der Waals surface area (Å²) in [6.07, 6.45) is 0.380. The van der Waals surface area contributed by atoms with E-state index in [1.54, 1.807) is 17.4 Å². The number of carbonyl (C=O) groups excluding carboxylic acids is 1. The number of ether oxygens (including phenoxy) is 1. The number of thiazole rings is 1. The zero-order valence-electron chi connectivity index (χ0n) is 15.5. The second kappa shape index (κ2) is 9.53. The van der Waals surface area contributed by atoms with E-state index in [-0.39, 0.29) is 23.8 Å². The van der Waals surface area contributed by atoms with Gasteiger partial charge in [-0.1, -0.05) is 5.16 Å². The van der Waals surface area contributed by atoms with Crippen molar-refractivity contribution in [3.8, 4) is 0 Å². The fourth-order valence-corrected chi connectivity index (χ4v) is 4.08. The van der Waals surface area contributed by atoms with Crippen molar-refractivity contribution in [3.05, 3.63) is 34.6 Å². The molecule has 0 spiro atoms. The molecule has 1 amide bonds. The SMILES string of the molecule is O=C(N[C@H]1CN(Cc2nccs2)[C@@H]2CCCO[C@H]12)c1ccno1.O=C(O)C(F)(F)F. The Bertz CT molecular complexity index is 831. The fourth-order valence-electron chi connectivity index (χ4n) is 3.44. The van der Waals surface area contributed by atoms with Gasteiger partial charge in [-0.05, 0) is 12.8 Å². The smallest absolute Gasteiger partial charge is 0.475 e. The summed E-state index contributed by atoms with van der Waals surface area (Å²) in [5.41, 5.74) is 0. The third-order valence-electron chi connectivity index (χ3n) is 4.67. The molecular formula is C17H19F3N4O5S. The average molecular weight is 448 g/mol. The third kappa shape index (κ3) is 5.55. The minimum atomic E-state index is -5.08. The van der Waals surface area contributed by atoms with E-state index >= 15 is 0 Å². The Kier molecular flexibility index (Phi) is 7.05. The van der Waals surface area contributed by atoms with E-state index in [9.17, 15) is 18.0 Å². The van der Waals surface area contributed by atoms with Gasteiger partial charge >= 0.3 is 12.1 Å². The second-order valence-electron chi connectivity index (χ2n) is 6.66. The van der Waals surface area contributed by atoms with Crippen molar-refractivity contribution in [3.63, 3.8) is 0 Å². The Morgan fingerprint density at radius 1 is 1.37 bits per heavy atom. The summed E-state index contributed by atoms with van der Waals surface area (Å²) in [6, 6.07) is 1.85. The summed E-state index contributed by atoms with van der Waals surface area (Å²) in [5.74, 6) is -2.76. The molecule has 3 atom stereocenters. The van der Waals surface area contributed by atoms with Gasteiger partial charge < -0.3 is 19.7 Å². The van der Waals surface area contributed by atoms with Crippen molar-refractivity contribution in [1.29, 1.82) is 0 Å². The Labute approximate surface area is 172 Å². The Morgan fingerprint density at radius 2 is 2.13 bits per heavy atom. The molecule has 2 aromatic rings. The molecule has 2 aromatic heterocycles. The van der Waals surface area contributed by atoms with Crippen LogP contribution < -0.4 is 5.32 Å². The molecule has 0 aliphatic carbocycles. The molecule has 0 aromatic carbocycles. The normalized spacial score (nSPS) is 23.9. The largest absolute Gasteiger partial charge is 0.490 e. The molecule has 0 unspecified atom stereocenters. The van der Waals surface area contributed by atoms with E-state index < -0.39 is 12.1 Å². The van der Waals surface area contributed by atoms with Crippen LogP contribution in [-0.4, -0.2) is 69.5 Å². The van der Waals surface area contributed by atoms with Gasteiger partial charge in [-0.15, -0.1) is 11.3 Å². The van der Waals surface area contributed by atoms with Gasteiger partial charge in [0, 0.05) is 36.8 Å². The first kappa shape index (κ1) is 22.2. The van der Waals surface area contributed by atoms with Gasteiger partial charge in [-0.25, -0.2) is 9.78 Å². The highest BCUT2D eigenvalue weighted by Gasteiger charge is 2.45. The van der Waals surface area contributed by atoms with Crippen LogP contribution in [-0.2, 0) is 16.1 Å². The molecule has 2 fully saturated rings. The molecule has 30 heavy (non-hydrogen) atoms. The van der Waals surface area contributed by atoms with Crippen molar-refractivity contribution < 1.29 is 37.1 Å². The molecule has 2 saturated heterocycles. The van der Waals surface area contributed by atoms with Gasteiger partial charge in [0.1, 0.15) is 5.01 Å². The zero-order valence-corrected chi connectivity index (χ0v) is 16.4. The van der Waals surface area contributed by atoms with Crippen LogP contribution in [0.15, 0.2) is 28.4 Å². The Balaban J connectivity index is 0.000000318. The lowest BCUT2D eigenvalue weighted by Crippen LogP contribution is -2.47. The first-order valence-electron chi connectivity index (χ1n) is 9.01. The van der Waals surface area contributed by atoms with E-state index in [1.807, 2.05) is 11.6 Å². The predicted molar refractivity (Wildman–Crippen MR) is 96.7 cm³/mol. The van der Waals surface area contributed by atoms with Gasteiger partial charge in [0.15, 0.2) is 0 Å². The van der Waals surface area contributed by atoms with Crippen LogP contribution in [0.25, 0.3) is 0 Å². The number of nitrogens with zero attached hydrogens (tertiary/aromatic N) is 3. The van der Waals surface area contributed by atoms with E-state index in [0.29, 0.717) is 6.04 Å². The quantitative estimate of drug-likeness (QED) is 0.729. The number of amides is 1. The number of rotatable bonds is 4. The van der Waals surface area contributed by atoms with Gasteiger partial charge in [-0.2, -0.15) is 13.2 Å². The van der Waals surface area contributed by atoms with Crippen molar-refractivity contribution in [2.45, 2.75) is 43.8 Å². The Hall–Kier alpha value is -2.51. The molecule has 13 heteroatoms. The molecule has 9 nitrogen and oxygen atoms in total. The highest BCUT2D eigenvalue weighted by atomic mass is 32.1. The van der Waals surface area contributed by atoms with Crippen LogP contribution in [0.3, 0.4) is 0 Å². The van der Waals surface area contributed by atoms with Gasteiger partial charge in [0.2, 0.25) is 5.76 Å². The maximum Gasteiger partial charge on any atom is 0.490 e. The molecule has 0 saturated carbocycles. The summed E-state index contributed by atoms with van der Waals surface area (Å²) in [5, 5.41) is 16.8. The molecule has 2 aliphatic rings. The molecular weight excluding hydrogens is 429 g/mol. The van der Waals surface area contributed by atoms with Gasteiger partial charge in [0.25, 0.3) is 5.91 Å². The first-order valence-corrected chi connectivity index (χ1v) is 9.89. The molecule has 4 rings (SSSR count). The van der Waals surface area contributed by atoms with E-state index in [0.717, 1.165) is 37.5 Å². The second-order valence-corrected chi connectivity index (χ2v) is 7.64.